The first kappa shape index (κ1) is 23.7. The lowest BCUT2D eigenvalue weighted by atomic mass is 10.1. The van der Waals surface area contributed by atoms with E-state index in [4.69, 9.17) is 17.0 Å². The fourth-order valence-corrected chi connectivity index (χ4v) is 3.93. The molecule has 0 aromatic heterocycles. The van der Waals surface area contributed by atoms with Gasteiger partial charge in [-0.25, -0.2) is 0 Å². The zero-order valence-electron chi connectivity index (χ0n) is 17.6. The minimum absolute atomic E-state index is 0.184. The molecule has 0 aliphatic heterocycles. The van der Waals surface area contributed by atoms with Gasteiger partial charge in [0.2, 0.25) is 0 Å². The number of hydrogen-bond acceptors (Lipinski definition) is 4. The summed E-state index contributed by atoms with van der Waals surface area (Å²) in [6, 6.07) is 21.9. The van der Waals surface area contributed by atoms with Crippen molar-refractivity contribution in [2.75, 3.05) is 19.1 Å². The number of methoxy groups -OCH3 is 1. The third-order valence-electron chi connectivity index (χ3n) is 4.75. The number of rotatable bonds is 6. The maximum Gasteiger partial charge on any atom is 0.257 e. The summed E-state index contributed by atoms with van der Waals surface area (Å²) >= 11 is 7.55. The van der Waals surface area contributed by atoms with E-state index in [0.717, 1.165) is 9.13 Å². The maximum atomic E-state index is 12.8. The van der Waals surface area contributed by atoms with Crippen LogP contribution < -0.4 is 20.3 Å². The Kier molecular flexibility index (Phi) is 8.18. The second kappa shape index (κ2) is 11.1. The van der Waals surface area contributed by atoms with Crippen LogP contribution in [0.2, 0.25) is 0 Å². The number of amides is 2. The second-order valence-electron chi connectivity index (χ2n) is 6.85. The predicted octanol–water partition coefficient (Wildman–Crippen LogP) is 4.38. The molecule has 0 aliphatic carbocycles. The highest BCUT2D eigenvalue weighted by atomic mass is 127. The lowest BCUT2D eigenvalue weighted by molar-refractivity contribution is 0.0950. The minimum Gasteiger partial charge on any atom is -0.496 e. The van der Waals surface area contributed by atoms with E-state index in [9.17, 15) is 9.59 Å². The molecule has 0 unspecified atom stereocenters. The number of benzene rings is 3. The topological polar surface area (TPSA) is 70.7 Å². The molecule has 164 valence electrons. The van der Waals surface area contributed by atoms with Crippen LogP contribution >= 0.6 is 34.8 Å². The van der Waals surface area contributed by atoms with Crippen LogP contribution in [0.25, 0.3) is 0 Å². The first-order valence-corrected chi connectivity index (χ1v) is 11.2. The molecule has 8 heteroatoms. The zero-order chi connectivity index (χ0) is 23.1. The molecule has 0 heterocycles. The van der Waals surface area contributed by atoms with Gasteiger partial charge in [0.05, 0.1) is 21.9 Å². The number of anilines is 1. The predicted molar refractivity (Wildman–Crippen MR) is 138 cm³/mol. The van der Waals surface area contributed by atoms with Crippen LogP contribution in [0.1, 0.15) is 26.3 Å². The van der Waals surface area contributed by atoms with Crippen molar-refractivity contribution in [3.63, 3.8) is 0 Å². The molecule has 2 amide bonds. The molecule has 0 fully saturated rings. The molecule has 0 bridgehead atoms. The average molecular weight is 559 g/mol. The number of nitrogens with one attached hydrogen (secondary N) is 2. The Balaban J connectivity index is 1.71. The molecule has 3 rings (SSSR count). The Bertz CT molecular complexity index is 1140. The minimum atomic E-state index is -0.339. The van der Waals surface area contributed by atoms with Crippen molar-refractivity contribution >= 4 is 57.4 Å². The van der Waals surface area contributed by atoms with Gasteiger partial charge >= 0.3 is 0 Å². The zero-order valence-corrected chi connectivity index (χ0v) is 20.6. The highest BCUT2D eigenvalue weighted by Crippen LogP contribution is 2.22. The third kappa shape index (κ3) is 5.83. The molecule has 0 saturated carbocycles. The van der Waals surface area contributed by atoms with E-state index >= 15 is 0 Å². The number of thiocarbonyl (C=S) groups is 1. The lowest BCUT2D eigenvalue weighted by Crippen LogP contribution is -2.41. The van der Waals surface area contributed by atoms with Gasteiger partial charge in [-0.1, -0.05) is 42.5 Å². The van der Waals surface area contributed by atoms with Crippen LogP contribution in [0.5, 0.6) is 5.75 Å². The Hall–Kier alpha value is -2.98. The molecule has 0 radical (unpaired) electrons. The summed E-state index contributed by atoms with van der Waals surface area (Å²) in [6.07, 6.45) is 0. The summed E-state index contributed by atoms with van der Waals surface area (Å²) in [5.41, 5.74) is 2.51. The lowest BCUT2D eigenvalue weighted by Gasteiger charge is -2.23. The Morgan fingerprint density at radius 2 is 1.69 bits per heavy atom. The fraction of sp³-hybridized carbons (Fsp3) is 0.125. The largest absolute Gasteiger partial charge is 0.496 e. The SMILES string of the molecule is COc1ccc(C(=O)NC(=S)N(C)c2ccccc2C(=O)NCc2ccccc2)cc1I. The second-order valence-corrected chi connectivity index (χ2v) is 8.40. The molecular weight excluding hydrogens is 537 g/mol. The first-order valence-electron chi connectivity index (χ1n) is 9.74. The number of para-hydroxylation sites is 1. The van der Waals surface area contributed by atoms with Gasteiger partial charge in [-0.2, -0.15) is 0 Å². The summed E-state index contributed by atoms with van der Waals surface area (Å²) in [5, 5.41) is 5.83. The Labute approximate surface area is 206 Å². The van der Waals surface area contributed by atoms with E-state index in [2.05, 4.69) is 33.2 Å². The highest BCUT2D eigenvalue weighted by Gasteiger charge is 2.18. The van der Waals surface area contributed by atoms with E-state index in [1.54, 1.807) is 55.5 Å². The number of carbonyl (C=O) groups is 2. The summed E-state index contributed by atoms with van der Waals surface area (Å²) in [4.78, 5) is 27.1. The Morgan fingerprint density at radius 3 is 2.38 bits per heavy atom. The van der Waals surface area contributed by atoms with Gasteiger partial charge in [-0.15, -0.1) is 0 Å². The molecule has 2 N–H and O–H groups in total. The molecular formula is C24H22IN3O3S. The molecule has 0 saturated heterocycles. The molecule has 0 spiro atoms. The van der Waals surface area contributed by atoms with E-state index < -0.39 is 0 Å². The summed E-state index contributed by atoms with van der Waals surface area (Å²) in [7, 11) is 3.29. The fourth-order valence-electron chi connectivity index (χ4n) is 3.00. The smallest absolute Gasteiger partial charge is 0.257 e. The van der Waals surface area contributed by atoms with Crippen LogP contribution in [0.4, 0.5) is 5.69 Å². The van der Waals surface area contributed by atoms with Gasteiger partial charge in [0, 0.05) is 19.2 Å². The molecule has 0 aliphatic rings. The quantitative estimate of drug-likeness (QED) is 0.347. The van der Waals surface area contributed by atoms with E-state index in [0.29, 0.717) is 29.1 Å². The van der Waals surface area contributed by atoms with Crippen LogP contribution in [0.15, 0.2) is 72.8 Å². The van der Waals surface area contributed by atoms with Crippen molar-refractivity contribution in [2.45, 2.75) is 6.54 Å². The van der Waals surface area contributed by atoms with Crippen LogP contribution in [-0.4, -0.2) is 31.1 Å². The van der Waals surface area contributed by atoms with Crippen LogP contribution in [0.3, 0.4) is 0 Å². The molecule has 0 atom stereocenters. The summed E-state index contributed by atoms with van der Waals surface area (Å²) in [6.45, 7) is 0.412. The number of hydrogen-bond donors (Lipinski definition) is 2. The normalized spacial score (nSPS) is 10.2. The summed E-state index contributed by atoms with van der Waals surface area (Å²) in [5.74, 6) is 0.126. The average Bonchev–Trinajstić information content (AvgIpc) is 2.82. The van der Waals surface area contributed by atoms with Crippen molar-refractivity contribution in [3.05, 3.63) is 93.1 Å². The van der Waals surface area contributed by atoms with Crippen LogP contribution in [0, 0.1) is 3.57 Å². The summed E-state index contributed by atoms with van der Waals surface area (Å²) < 4.78 is 6.05. The highest BCUT2D eigenvalue weighted by molar-refractivity contribution is 14.1. The number of ether oxygens (including phenoxy) is 1. The third-order valence-corrected chi connectivity index (χ3v) is 5.96. The van der Waals surface area contributed by atoms with Crippen LogP contribution in [-0.2, 0) is 6.54 Å². The number of nitrogens with zero attached hydrogens (tertiary/aromatic N) is 1. The van der Waals surface area contributed by atoms with Gasteiger partial charge in [0.1, 0.15) is 5.75 Å². The van der Waals surface area contributed by atoms with Crippen molar-refractivity contribution < 1.29 is 14.3 Å². The van der Waals surface area contributed by atoms with Gasteiger partial charge in [-0.3, -0.25) is 14.9 Å². The van der Waals surface area contributed by atoms with Gasteiger partial charge in [0.25, 0.3) is 11.8 Å². The number of carbonyl (C=O) groups excluding carboxylic acids is 2. The Morgan fingerprint density at radius 1 is 1.00 bits per heavy atom. The van der Waals surface area contributed by atoms with Gasteiger partial charge < -0.3 is 15.0 Å². The van der Waals surface area contributed by atoms with Crippen molar-refractivity contribution in [2.24, 2.45) is 0 Å². The number of halogens is 1. The molecule has 32 heavy (non-hydrogen) atoms. The van der Waals surface area contributed by atoms with Crippen molar-refractivity contribution in [1.29, 1.82) is 0 Å². The van der Waals surface area contributed by atoms with Gasteiger partial charge in [-0.05, 0) is 70.7 Å². The van der Waals surface area contributed by atoms with Crippen molar-refractivity contribution in [3.8, 4) is 5.75 Å². The monoisotopic (exact) mass is 559 g/mol. The molecule has 6 nitrogen and oxygen atoms in total. The maximum absolute atomic E-state index is 12.8. The standard InChI is InChI=1S/C24H22IN3O3S/c1-28(24(32)27-22(29)17-12-13-21(31-2)19(25)14-17)20-11-7-6-10-18(20)23(30)26-15-16-8-4-3-5-9-16/h3-14H,15H2,1-2H3,(H,26,30)(H,27,29,32). The van der Waals surface area contributed by atoms with Crippen molar-refractivity contribution in [1.82, 2.24) is 10.6 Å². The van der Waals surface area contributed by atoms with E-state index in [1.165, 1.54) is 0 Å². The first-order chi connectivity index (χ1) is 15.4. The van der Waals surface area contributed by atoms with Gasteiger partial charge in [0.15, 0.2) is 5.11 Å². The van der Waals surface area contributed by atoms with E-state index in [-0.39, 0.29) is 16.9 Å². The molecule has 3 aromatic carbocycles. The van der Waals surface area contributed by atoms with E-state index in [1.807, 2.05) is 36.4 Å². The molecule has 3 aromatic rings.